The van der Waals surface area contributed by atoms with Gasteiger partial charge in [0.15, 0.2) is 0 Å². The molecular formula is C6H9N3. The molecule has 1 rings (SSSR count). The zero-order valence-corrected chi connectivity index (χ0v) is 5.28. The van der Waals surface area contributed by atoms with Crippen LogP contribution in [0.3, 0.4) is 0 Å². The topological polar surface area (TPSA) is 41.6 Å². The average molecular weight is 123 g/mol. The first-order valence-electron chi connectivity index (χ1n) is 2.76. The molecule has 3 nitrogen and oxygen atoms in total. The third kappa shape index (κ3) is 1.17. The van der Waals surface area contributed by atoms with Crippen molar-refractivity contribution in [3.05, 3.63) is 23.9 Å². The van der Waals surface area contributed by atoms with Crippen molar-refractivity contribution in [3.63, 3.8) is 0 Å². The summed E-state index contributed by atoms with van der Waals surface area (Å²) in [6.45, 7) is 1.92. The van der Waals surface area contributed by atoms with E-state index in [1.165, 1.54) is 5.12 Å². The van der Waals surface area contributed by atoms with Gasteiger partial charge < -0.3 is 0 Å². The van der Waals surface area contributed by atoms with E-state index in [0.717, 1.165) is 5.70 Å². The molecule has 0 bridgehead atoms. The Bertz CT molecular complexity index is 179. The van der Waals surface area contributed by atoms with Crippen LogP contribution < -0.4 is 5.84 Å². The summed E-state index contributed by atoms with van der Waals surface area (Å²) in [6.07, 6.45) is 7.28. The van der Waals surface area contributed by atoms with E-state index in [2.05, 4.69) is 5.10 Å². The minimum absolute atomic E-state index is 0.914. The third-order valence-corrected chi connectivity index (χ3v) is 1.10. The van der Waals surface area contributed by atoms with E-state index in [1.807, 2.05) is 25.2 Å². The zero-order valence-electron chi connectivity index (χ0n) is 5.28. The molecule has 3 heteroatoms. The minimum atomic E-state index is 0.914. The van der Waals surface area contributed by atoms with Crippen molar-refractivity contribution >= 4 is 6.21 Å². The standard InChI is InChI=1S/C6H9N3/c1-2-6-4-3-5-8-9(6)7/h2-5H,7H2,1H3/b6-2-. The van der Waals surface area contributed by atoms with Crippen LogP contribution in [0.5, 0.6) is 0 Å². The van der Waals surface area contributed by atoms with E-state index in [9.17, 15) is 0 Å². The molecule has 0 saturated heterocycles. The molecule has 0 aromatic heterocycles. The van der Waals surface area contributed by atoms with Gasteiger partial charge in [0.25, 0.3) is 0 Å². The first-order valence-corrected chi connectivity index (χ1v) is 2.76. The Balaban J connectivity index is 2.78. The highest BCUT2D eigenvalue weighted by Gasteiger charge is 1.98. The van der Waals surface area contributed by atoms with Gasteiger partial charge in [-0.1, -0.05) is 6.08 Å². The second-order valence-corrected chi connectivity index (χ2v) is 1.68. The molecule has 0 fully saturated rings. The highest BCUT2D eigenvalue weighted by Crippen LogP contribution is 2.03. The van der Waals surface area contributed by atoms with Gasteiger partial charge in [-0.15, -0.1) is 0 Å². The van der Waals surface area contributed by atoms with E-state index >= 15 is 0 Å². The van der Waals surface area contributed by atoms with Crippen LogP contribution in [0.25, 0.3) is 0 Å². The maximum Gasteiger partial charge on any atom is 0.0734 e. The van der Waals surface area contributed by atoms with Gasteiger partial charge in [0.05, 0.1) is 5.70 Å². The van der Waals surface area contributed by atoms with Gasteiger partial charge in [-0.05, 0) is 19.1 Å². The first kappa shape index (κ1) is 6.04. The van der Waals surface area contributed by atoms with Crippen molar-refractivity contribution in [2.24, 2.45) is 10.9 Å². The maximum atomic E-state index is 5.41. The zero-order chi connectivity index (χ0) is 6.69. The minimum Gasteiger partial charge on any atom is -0.226 e. The van der Waals surface area contributed by atoms with Crippen LogP contribution in [0.1, 0.15) is 6.92 Å². The highest BCUT2D eigenvalue weighted by molar-refractivity contribution is 5.72. The number of nitrogens with two attached hydrogens (primary N) is 1. The lowest BCUT2D eigenvalue weighted by Crippen LogP contribution is -2.24. The van der Waals surface area contributed by atoms with Gasteiger partial charge in [0.1, 0.15) is 0 Å². The Hall–Kier alpha value is -1.09. The van der Waals surface area contributed by atoms with Crippen LogP contribution in [-0.4, -0.2) is 11.3 Å². The number of allylic oxidation sites excluding steroid dienone is 3. The summed E-state index contributed by atoms with van der Waals surface area (Å²) in [5, 5.41) is 5.15. The molecule has 1 aliphatic rings. The molecule has 2 N–H and O–H groups in total. The van der Waals surface area contributed by atoms with Gasteiger partial charge in [-0.3, -0.25) is 0 Å². The maximum absolute atomic E-state index is 5.41. The van der Waals surface area contributed by atoms with Crippen molar-refractivity contribution in [2.75, 3.05) is 0 Å². The van der Waals surface area contributed by atoms with Crippen LogP contribution in [-0.2, 0) is 0 Å². The summed E-state index contributed by atoms with van der Waals surface area (Å²) in [5.74, 6) is 5.41. The molecule has 9 heavy (non-hydrogen) atoms. The van der Waals surface area contributed by atoms with Crippen molar-refractivity contribution < 1.29 is 0 Å². The molecule has 0 amide bonds. The quantitative estimate of drug-likeness (QED) is 0.480. The summed E-state index contributed by atoms with van der Waals surface area (Å²) in [7, 11) is 0. The highest BCUT2D eigenvalue weighted by atomic mass is 15.6. The van der Waals surface area contributed by atoms with Crippen molar-refractivity contribution in [1.29, 1.82) is 0 Å². The second kappa shape index (κ2) is 2.46. The monoisotopic (exact) mass is 123 g/mol. The molecular weight excluding hydrogens is 114 g/mol. The van der Waals surface area contributed by atoms with Gasteiger partial charge in [-0.25, -0.2) is 5.84 Å². The number of hydrazone groups is 1. The molecule has 0 saturated carbocycles. The molecule has 0 aromatic carbocycles. The largest absolute Gasteiger partial charge is 0.226 e. The van der Waals surface area contributed by atoms with E-state index in [1.54, 1.807) is 6.21 Å². The second-order valence-electron chi connectivity index (χ2n) is 1.68. The Morgan fingerprint density at radius 1 is 1.78 bits per heavy atom. The molecule has 0 atom stereocenters. The van der Waals surface area contributed by atoms with Gasteiger partial charge in [0.2, 0.25) is 0 Å². The van der Waals surface area contributed by atoms with E-state index < -0.39 is 0 Å². The summed E-state index contributed by atoms with van der Waals surface area (Å²) >= 11 is 0. The fourth-order valence-corrected chi connectivity index (χ4v) is 0.623. The molecule has 0 radical (unpaired) electrons. The number of rotatable bonds is 0. The van der Waals surface area contributed by atoms with E-state index in [4.69, 9.17) is 5.84 Å². The predicted molar refractivity (Wildman–Crippen MR) is 37.4 cm³/mol. The van der Waals surface area contributed by atoms with Gasteiger partial charge >= 0.3 is 0 Å². The van der Waals surface area contributed by atoms with Gasteiger partial charge in [-0.2, -0.15) is 10.2 Å². The lowest BCUT2D eigenvalue weighted by atomic mass is 10.3. The Morgan fingerprint density at radius 3 is 3.00 bits per heavy atom. The van der Waals surface area contributed by atoms with Crippen LogP contribution in [0, 0.1) is 0 Å². The Morgan fingerprint density at radius 2 is 2.56 bits per heavy atom. The van der Waals surface area contributed by atoms with Gasteiger partial charge in [0, 0.05) is 6.21 Å². The third-order valence-electron chi connectivity index (χ3n) is 1.10. The Kier molecular flexibility index (Phi) is 1.65. The molecule has 48 valence electrons. The van der Waals surface area contributed by atoms with Crippen molar-refractivity contribution in [3.8, 4) is 0 Å². The fraction of sp³-hybridized carbons (Fsp3) is 0.167. The number of hydrogen-bond acceptors (Lipinski definition) is 3. The number of hydrazine groups is 1. The molecule has 0 unspecified atom stereocenters. The normalized spacial score (nSPS) is 21.6. The van der Waals surface area contributed by atoms with Crippen LogP contribution in [0.2, 0.25) is 0 Å². The Labute approximate surface area is 54.1 Å². The summed E-state index contributed by atoms with van der Waals surface area (Å²) in [5.41, 5.74) is 0.914. The van der Waals surface area contributed by atoms with Crippen LogP contribution >= 0.6 is 0 Å². The fourth-order valence-electron chi connectivity index (χ4n) is 0.623. The lowest BCUT2D eigenvalue weighted by Gasteiger charge is -2.14. The molecule has 1 heterocycles. The lowest BCUT2D eigenvalue weighted by molar-refractivity contribution is 0.393. The first-order chi connectivity index (χ1) is 4.34. The van der Waals surface area contributed by atoms with Crippen LogP contribution in [0.4, 0.5) is 0 Å². The predicted octanol–water partition coefficient (Wildman–Crippen LogP) is 0.622. The van der Waals surface area contributed by atoms with Crippen LogP contribution in [0.15, 0.2) is 29.0 Å². The summed E-state index contributed by atoms with van der Waals surface area (Å²) in [4.78, 5) is 0. The SMILES string of the molecule is C/C=C1/C=CC=NN1N. The number of nitrogens with zero attached hydrogens (tertiary/aromatic N) is 2. The average Bonchev–Trinajstić information content (AvgIpc) is 1.89. The number of hydrogen-bond donors (Lipinski definition) is 1. The molecule has 0 spiro atoms. The van der Waals surface area contributed by atoms with Crippen molar-refractivity contribution in [2.45, 2.75) is 6.92 Å². The van der Waals surface area contributed by atoms with E-state index in [-0.39, 0.29) is 0 Å². The van der Waals surface area contributed by atoms with E-state index in [0.29, 0.717) is 0 Å². The smallest absolute Gasteiger partial charge is 0.0734 e. The summed E-state index contributed by atoms with van der Waals surface area (Å²) < 4.78 is 0. The molecule has 0 aliphatic carbocycles. The molecule has 1 aliphatic heterocycles. The summed E-state index contributed by atoms with van der Waals surface area (Å²) in [6, 6.07) is 0. The van der Waals surface area contributed by atoms with Crippen molar-refractivity contribution in [1.82, 2.24) is 5.12 Å². The molecule has 0 aromatic rings.